The maximum absolute atomic E-state index is 12.0. The highest BCUT2D eigenvalue weighted by Crippen LogP contribution is 2.56. The van der Waals surface area contributed by atoms with E-state index in [9.17, 15) is 9.36 Å². The number of hydrogen-bond donors (Lipinski definition) is 0. The van der Waals surface area contributed by atoms with Gasteiger partial charge in [0.2, 0.25) is 5.50 Å². The van der Waals surface area contributed by atoms with E-state index >= 15 is 0 Å². The van der Waals surface area contributed by atoms with E-state index in [0.29, 0.717) is 0 Å². The lowest BCUT2D eigenvalue weighted by Crippen LogP contribution is -2.07. The highest BCUT2D eigenvalue weighted by molar-refractivity contribution is 7.57. The molecule has 1 aromatic carbocycles. The first-order chi connectivity index (χ1) is 9.03. The van der Waals surface area contributed by atoms with Crippen LogP contribution in [0, 0.1) is 0 Å². The molecular weight excluding hydrogens is 275 g/mol. The molecule has 0 aromatic heterocycles. The van der Waals surface area contributed by atoms with Crippen molar-refractivity contribution in [3.05, 3.63) is 48.0 Å². The van der Waals surface area contributed by atoms with Crippen LogP contribution in [0.2, 0.25) is 0 Å². The Balaban J connectivity index is 2.78. The monoisotopic (exact) mass is 288 g/mol. The van der Waals surface area contributed by atoms with E-state index in [0.717, 1.165) is 14.2 Å². The molecule has 0 saturated carbocycles. The van der Waals surface area contributed by atoms with Crippen molar-refractivity contribution in [1.82, 2.24) is 0 Å². The van der Waals surface area contributed by atoms with Crippen LogP contribution in [0.5, 0.6) is 0 Å². The van der Waals surface area contributed by atoms with Crippen molar-refractivity contribution in [2.24, 2.45) is 0 Å². The van der Waals surface area contributed by atoms with Crippen LogP contribution < -0.4 is 0 Å². The van der Waals surface area contributed by atoms with Gasteiger partial charge in [0.05, 0.1) is 19.8 Å². The highest BCUT2D eigenvalue weighted by atomic mass is 31.2. The number of ether oxygens (including phenoxy) is 1. The zero-order valence-electron chi connectivity index (χ0n) is 10.4. The third-order valence-corrected chi connectivity index (χ3v) is 3.26. The molecule has 8 heteroatoms. The number of carbonyl (C=O) groups excluding carboxylic acids is 1. The predicted molar refractivity (Wildman–Crippen MR) is 64.8 cm³/mol. The Bertz CT molecular complexity index is 475. The maximum Gasteiger partial charge on any atom is 0.449 e. The van der Waals surface area contributed by atoms with E-state index in [-0.39, 0.29) is 5.56 Å². The van der Waals surface area contributed by atoms with Gasteiger partial charge in [0.15, 0.2) is 0 Å². The van der Waals surface area contributed by atoms with Gasteiger partial charge in [0.25, 0.3) is 0 Å². The van der Waals surface area contributed by atoms with Crippen molar-refractivity contribution < 1.29 is 33.2 Å². The van der Waals surface area contributed by atoms with Gasteiger partial charge in [-0.1, -0.05) is 18.2 Å². The highest BCUT2D eigenvalue weighted by Gasteiger charge is 2.35. The van der Waals surface area contributed by atoms with Gasteiger partial charge < -0.3 is 4.74 Å². The lowest BCUT2D eigenvalue weighted by Gasteiger charge is -2.15. The lowest BCUT2D eigenvalue weighted by atomic mass is 10.2. The molecule has 0 spiro atoms. The van der Waals surface area contributed by atoms with Crippen LogP contribution in [0.3, 0.4) is 0 Å². The van der Waals surface area contributed by atoms with Crippen molar-refractivity contribution in [2.45, 2.75) is 0 Å². The number of hydrogen-bond acceptors (Lipinski definition) is 7. The standard InChI is InChI=1S/C11H13O7P/c1-9(19(13,17-14-2)18-15-3)16-11(12)10-7-5-4-6-8-10/h4-8H,1H2,2-3H3. The molecule has 0 bridgehead atoms. The largest absolute Gasteiger partial charge is 0.449 e. The summed E-state index contributed by atoms with van der Waals surface area (Å²) in [5, 5.41) is 0. The summed E-state index contributed by atoms with van der Waals surface area (Å²) in [6, 6.07) is 8.08. The summed E-state index contributed by atoms with van der Waals surface area (Å²) < 4.78 is 25.6. The Morgan fingerprint density at radius 1 is 1.11 bits per heavy atom. The second kappa shape index (κ2) is 7.18. The van der Waals surface area contributed by atoms with Gasteiger partial charge in [-0.3, -0.25) is 0 Å². The number of rotatable bonds is 7. The summed E-state index contributed by atoms with van der Waals surface area (Å²) in [6.07, 6.45) is 0. The van der Waals surface area contributed by atoms with Gasteiger partial charge >= 0.3 is 13.6 Å². The summed E-state index contributed by atoms with van der Waals surface area (Å²) >= 11 is 0. The second-order valence-electron chi connectivity index (χ2n) is 3.13. The normalized spacial score (nSPS) is 11.1. The summed E-state index contributed by atoms with van der Waals surface area (Å²) in [5.41, 5.74) is -0.296. The Morgan fingerprint density at radius 3 is 2.11 bits per heavy atom. The molecule has 0 unspecified atom stereocenters. The van der Waals surface area contributed by atoms with Gasteiger partial charge in [0, 0.05) is 0 Å². The van der Waals surface area contributed by atoms with E-state index < -0.39 is 19.1 Å². The van der Waals surface area contributed by atoms with Gasteiger partial charge in [-0.2, -0.15) is 0 Å². The number of carbonyl (C=O) groups is 1. The molecular formula is C11H13O7P. The molecule has 0 N–H and O–H groups in total. The summed E-state index contributed by atoms with van der Waals surface area (Å²) in [6.45, 7) is 3.31. The van der Waals surface area contributed by atoms with Crippen LogP contribution in [-0.2, 0) is 28.4 Å². The molecule has 0 saturated heterocycles. The zero-order valence-corrected chi connectivity index (χ0v) is 11.3. The Kier molecular flexibility index (Phi) is 5.88. The quantitative estimate of drug-likeness (QED) is 0.251. The fraction of sp³-hybridized carbons (Fsp3) is 0.182. The first-order valence-electron chi connectivity index (χ1n) is 5.05. The van der Waals surface area contributed by atoms with Gasteiger partial charge in [-0.15, -0.1) is 9.35 Å². The number of esters is 1. The SMILES string of the molecule is C=C(OC(=O)c1ccccc1)P(=O)(OOC)OOC. The maximum atomic E-state index is 12.0. The van der Waals surface area contributed by atoms with Crippen molar-refractivity contribution in [2.75, 3.05) is 14.2 Å². The molecule has 0 aliphatic rings. The molecule has 0 aliphatic heterocycles. The van der Waals surface area contributed by atoms with E-state index in [4.69, 9.17) is 4.74 Å². The molecule has 0 heterocycles. The summed E-state index contributed by atoms with van der Waals surface area (Å²) in [4.78, 5) is 20.2. The van der Waals surface area contributed by atoms with Crippen LogP contribution in [0.1, 0.15) is 10.4 Å². The minimum Gasteiger partial charge on any atom is -0.415 e. The molecule has 7 nitrogen and oxygen atoms in total. The molecule has 19 heavy (non-hydrogen) atoms. The van der Waals surface area contributed by atoms with Crippen molar-refractivity contribution >= 4 is 13.6 Å². The van der Waals surface area contributed by atoms with Gasteiger partial charge in [0.1, 0.15) is 0 Å². The van der Waals surface area contributed by atoms with Crippen molar-refractivity contribution in [3.8, 4) is 0 Å². The zero-order chi connectivity index (χ0) is 14.3. The first kappa shape index (κ1) is 15.6. The third-order valence-electron chi connectivity index (χ3n) is 1.87. The summed E-state index contributed by atoms with van der Waals surface area (Å²) in [7, 11) is -1.85. The smallest absolute Gasteiger partial charge is 0.415 e. The molecule has 0 radical (unpaired) electrons. The van der Waals surface area contributed by atoms with Crippen LogP contribution >= 0.6 is 7.60 Å². The Hall–Kier alpha value is -1.50. The summed E-state index contributed by atoms with van der Waals surface area (Å²) in [5.74, 6) is -0.759. The lowest BCUT2D eigenvalue weighted by molar-refractivity contribution is -0.241. The van der Waals surface area contributed by atoms with E-state index in [1.807, 2.05) is 0 Å². The second-order valence-corrected chi connectivity index (χ2v) is 4.92. The molecule has 0 atom stereocenters. The fourth-order valence-electron chi connectivity index (χ4n) is 1.09. The Morgan fingerprint density at radius 2 is 1.63 bits per heavy atom. The van der Waals surface area contributed by atoms with E-state index in [1.165, 1.54) is 12.1 Å². The van der Waals surface area contributed by atoms with Crippen LogP contribution in [0.25, 0.3) is 0 Å². The minimum atomic E-state index is -4.07. The van der Waals surface area contributed by atoms with Crippen molar-refractivity contribution in [1.29, 1.82) is 0 Å². The van der Waals surface area contributed by atoms with E-state index in [2.05, 4.69) is 25.7 Å². The average Bonchev–Trinajstić information content (AvgIpc) is 2.40. The van der Waals surface area contributed by atoms with E-state index in [1.54, 1.807) is 18.2 Å². The number of benzene rings is 1. The molecule has 1 aromatic rings. The van der Waals surface area contributed by atoms with Gasteiger partial charge in [-0.05, 0) is 18.7 Å². The molecule has 0 amide bonds. The van der Waals surface area contributed by atoms with Crippen LogP contribution in [0.4, 0.5) is 0 Å². The fourth-order valence-corrected chi connectivity index (χ4v) is 1.87. The average molecular weight is 288 g/mol. The van der Waals surface area contributed by atoms with Crippen LogP contribution in [-0.4, -0.2) is 20.2 Å². The molecule has 0 fully saturated rings. The minimum absolute atomic E-state index is 0.255. The van der Waals surface area contributed by atoms with Crippen molar-refractivity contribution in [3.63, 3.8) is 0 Å². The van der Waals surface area contributed by atoms with Gasteiger partial charge in [-0.25, -0.2) is 19.1 Å². The Labute approximate surface area is 110 Å². The molecule has 104 valence electrons. The third kappa shape index (κ3) is 4.27. The van der Waals surface area contributed by atoms with Crippen LogP contribution in [0.15, 0.2) is 42.4 Å². The predicted octanol–water partition coefficient (Wildman–Crippen LogP) is 2.66. The first-order valence-corrected chi connectivity index (χ1v) is 6.59. The molecule has 0 aliphatic carbocycles. The topological polar surface area (TPSA) is 80.3 Å². The molecule has 1 rings (SSSR count).